The van der Waals surface area contributed by atoms with Gasteiger partial charge in [0.05, 0.1) is 16.8 Å². The van der Waals surface area contributed by atoms with Gasteiger partial charge < -0.3 is 14.8 Å². The normalized spacial score (nSPS) is 12.3. The van der Waals surface area contributed by atoms with Crippen molar-refractivity contribution in [1.29, 1.82) is 0 Å². The molecular formula is C26H30N2O3. The van der Waals surface area contributed by atoms with E-state index in [0.29, 0.717) is 17.9 Å². The van der Waals surface area contributed by atoms with Crippen LogP contribution in [-0.4, -0.2) is 24.2 Å². The number of amides is 1. The van der Waals surface area contributed by atoms with E-state index in [1.165, 1.54) is 32.1 Å². The Bertz CT molecular complexity index is 1050. The molecule has 1 aliphatic heterocycles. The summed E-state index contributed by atoms with van der Waals surface area (Å²) in [6.07, 6.45) is 8.59. The van der Waals surface area contributed by atoms with Gasteiger partial charge in [0.15, 0.2) is 11.5 Å². The third-order valence-electron chi connectivity index (χ3n) is 5.70. The molecule has 2 aromatic carbocycles. The minimum absolute atomic E-state index is 0.0495. The Labute approximate surface area is 183 Å². The fourth-order valence-electron chi connectivity index (χ4n) is 3.95. The summed E-state index contributed by atoms with van der Waals surface area (Å²) < 4.78 is 10.9. The predicted octanol–water partition coefficient (Wildman–Crippen LogP) is 6.11. The lowest BCUT2D eigenvalue weighted by molar-refractivity contribution is 0.0954. The molecule has 0 radical (unpaired) electrons. The first-order valence-corrected chi connectivity index (χ1v) is 11.3. The minimum Gasteiger partial charge on any atom is -0.454 e. The lowest BCUT2D eigenvalue weighted by Gasteiger charge is -2.11. The standard InChI is InChI=1S/C26H30N2O3/c1-2-3-4-5-6-7-10-15-27-26(29)21-17-23(28-22-12-9-8-11-20(21)22)19-13-14-24-25(16-19)31-18-30-24/h8-9,11-14,16-17H,2-7,10,15,18H2,1H3,(H,27,29). The summed E-state index contributed by atoms with van der Waals surface area (Å²) in [5, 5.41) is 3.97. The van der Waals surface area contributed by atoms with Crippen LogP contribution >= 0.6 is 0 Å². The second kappa shape index (κ2) is 10.3. The van der Waals surface area contributed by atoms with Gasteiger partial charge in [0.2, 0.25) is 6.79 Å². The summed E-state index contributed by atoms with van der Waals surface area (Å²) in [5.74, 6) is 1.39. The molecule has 3 aromatic rings. The van der Waals surface area contributed by atoms with E-state index in [9.17, 15) is 4.79 Å². The van der Waals surface area contributed by atoms with E-state index in [2.05, 4.69) is 12.2 Å². The van der Waals surface area contributed by atoms with Crippen LogP contribution in [0.4, 0.5) is 0 Å². The fraction of sp³-hybridized carbons (Fsp3) is 0.385. The molecule has 1 aromatic heterocycles. The highest BCUT2D eigenvalue weighted by Gasteiger charge is 2.17. The molecule has 0 saturated carbocycles. The predicted molar refractivity (Wildman–Crippen MR) is 124 cm³/mol. The molecular weight excluding hydrogens is 388 g/mol. The van der Waals surface area contributed by atoms with E-state index in [1.54, 1.807) is 0 Å². The third-order valence-corrected chi connectivity index (χ3v) is 5.70. The average molecular weight is 419 g/mol. The summed E-state index contributed by atoms with van der Waals surface area (Å²) in [6, 6.07) is 15.4. The number of carbonyl (C=O) groups is 1. The Hall–Kier alpha value is -3.08. The summed E-state index contributed by atoms with van der Waals surface area (Å²) >= 11 is 0. The summed E-state index contributed by atoms with van der Waals surface area (Å²) in [7, 11) is 0. The first-order valence-electron chi connectivity index (χ1n) is 11.3. The highest BCUT2D eigenvalue weighted by atomic mass is 16.7. The Balaban J connectivity index is 1.47. The molecule has 2 heterocycles. The Morgan fingerprint density at radius 3 is 2.58 bits per heavy atom. The first kappa shape index (κ1) is 21.2. The monoisotopic (exact) mass is 418 g/mol. The van der Waals surface area contributed by atoms with Gasteiger partial charge in [-0.25, -0.2) is 4.98 Å². The Morgan fingerprint density at radius 2 is 1.71 bits per heavy atom. The summed E-state index contributed by atoms with van der Waals surface area (Å²) in [6.45, 7) is 3.16. The van der Waals surface area contributed by atoms with Crippen LogP contribution in [0.2, 0.25) is 0 Å². The topological polar surface area (TPSA) is 60.5 Å². The van der Waals surface area contributed by atoms with Crippen molar-refractivity contribution in [3.63, 3.8) is 0 Å². The number of nitrogens with zero attached hydrogens (tertiary/aromatic N) is 1. The molecule has 5 nitrogen and oxygen atoms in total. The second-order valence-corrected chi connectivity index (χ2v) is 8.02. The van der Waals surface area contributed by atoms with Crippen molar-refractivity contribution in [1.82, 2.24) is 10.3 Å². The minimum atomic E-state index is -0.0495. The molecule has 0 bridgehead atoms. The number of benzene rings is 2. The van der Waals surface area contributed by atoms with Crippen LogP contribution < -0.4 is 14.8 Å². The van der Waals surface area contributed by atoms with Gasteiger partial charge in [-0.3, -0.25) is 4.79 Å². The number of hydrogen-bond acceptors (Lipinski definition) is 4. The third kappa shape index (κ3) is 5.16. The first-order chi connectivity index (χ1) is 15.3. The van der Waals surface area contributed by atoms with Crippen LogP contribution in [0.1, 0.15) is 62.2 Å². The van der Waals surface area contributed by atoms with Crippen molar-refractivity contribution in [2.45, 2.75) is 51.9 Å². The van der Waals surface area contributed by atoms with Gasteiger partial charge in [-0.1, -0.05) is 63.6 Å². The van der Waals surface area contributed by atoms with E-state index >= 15 is 0 Å². The lowest BCUT2D eigenvalue weighted by Crippen LogP contribution is -2.24. The van der Waals surface area contributed by atoms with Crippen LogP contribution in [0.15, 0.2) is 48.5 Å². The van der Waals surface area contributed by atoms with Gasteiger partial charge in [0, 0.05) is 17.5 Å². The number of pyridine rings is 1. The van der Waals surface area contributed by atoms with Crippen molar-refractivity contribution >= 4 is 16.8 Å². The SMILES string of the molecule is CCCCCCCCCNC(=O)c1cc(-c2ccc3c(c2)OCO3)nc2ccccc12. The maximum atomic E-state index is 13.0. The van der Waals surface area contributed by atoms with Crippen LogP contribution in [0.5, 0.6) is 11.5 Å². The molecule has 5 heteroatoms. The number of hydrogen-bond donors (Lipinski definition) is 1. The van der Waals surface area contributed by atoms with E-state index in [4.69, 9.17) is 14.5 Å². The molecule has 0 atom stereocenters. The lowest BCUT2D eigenvalue weighted by atomic mass is 10.0. The van der Waals surface area contributed by atoms with E-state index < -0.39 is 0 Å². The molecule has 31 heavy (non-hydrogen) atoms. The van der Waals surface area contributed by atoms with Crippen LogP contribution in [0, 0.1) is 0 Å². The van der Waals surface area contributed by atoms with Gasteiger partial charge >= 0.3 is 0 Å². The largest absolute Gasteiger partial charge is 0.454 e. The highest BCUT2D eigenvalue weighted by molar-refractivity contribution is 6.07. The van der Waals surface area contributed by atoms with E-state index in [-0.39, 0.29) is 12.7 Å². The molecule has 0 aliphatic carbocycles. The van der Waals surface area contributed by atoms with Crippen molar-refractivity contribution in [3.05, 3.63) is 54.1 Å². The number of rotatable bonds is 10. The molecule has 162 valence electrons. The number of aromatic nitrogens is 1. The molecule has 4 rings (SSSR count). The van der Waals surface area contributed by atoms with Crippen molar-refractivity contribution in [2.24, 2.45) is 0 Å². The second-order valence-electron chi connectivity index (χ2n) is 8.02. The number of unbranched alkanes of at least 4 members (excludes halogenated alkanes) is 6. The number of nitrogens with one attached hydrogen (secondary N) is 1. The molecule has 1 amide bonds. The number of fused-ring (bicyclic) bond motifs is 2. The van der Waals surface area contributed by atoms with Crippen LogP contribution in [0.3, 0.4) is 0 Å². The number of ether oxygens (including phenoxy) is 2. The Morgan fingerprint density at radius 1 is 0.935 bits per heavy atom. The zero-order chi connectivity index (χ0) is 21.5. The average Bonchev–Trinajstić information content (AvgIpc) is 3.28. The van der Waals surface area contributed by atoms with Gasteiger partial charge in [-0.2, -0.15) is 0 Å². The van der Waals surface area contributed by atoms with Crippen molar-refractivity contribution in [3.8, 4) is 22.8 Å². The zero-order valence-electron chi connectivity index (χ0n) is 18.2. The quantitative estimate of drug-likeness (QED) is 0.404. The maximum Gasteiger partial charge on any atom is 0.252 e. The van der Waals surface area contributed by atoms with Crippen molar-refractivity contribution < 1.29 is 14.3 Å². The van der Waals surface area contributed by atoms with Crippen LogP contribution in [-0.2, 0) is 0 Å². The van der Waals surface area contributed by atoms with Crippen molar-refractivity contribution in [2.75, 3.05) is 13.3 Å². The smallest absolute Gasteiger partial charge is 0.252 e. The van der Waals surface area contributed by atoms with Crippen LogP contribution in [0.25, 0.3) is 22.2 Å². The van der Waals surface area contributed by atoms with Gasteiger partial charge in [-0.15, -0.1) is 0 Å². The molecule has 1 N–H and O–H groups in total. The van der Waals surface area contributed by atoms with E-state index in [1.807, 2.05) is 48.5 Å². The molecule has 0 saturated heterocycles. The fourth-order valence-corrected chi connectivity index (χ4v) is 3.95. The molecule has 0 fully saturated rings. The zero-order valence-corrected chi connectivity index (χ0v) is 18.2. The number of para-hydroxylation sites is 1. The Kier molecular flexibility index (Phi) is 7.03. The summed E-state index contributed by atoms with van der Waals surface area (Å²) in [5.41, 5.74) is 3.11. The van der Waals surface area contributed by atoms with Gasteiger partial charge in [0.1, 0.15) is 0 Å². The maximum absolute atomic E-state index is 13.0. The van der Waals surface area contributed by atoms with Gasteiger partial charge in [0.25, 0.3) is 5.91 Å². The molecule has 1 aliphatic rings. The highest BCUT2D eigenvalue weighted by Crippen LogP contribution is 2.36. The molecule has 0 spiro atoms. The van der Waals surface area contributed by atoms with Gasteiger partial charge in [-0.05, 0) is 36.8 Å². The molecule has 0 unspecified atom stereocenters. The van der Waals surface area contributed by atoms with E-state index in [0.717, 1.165) is 40.8 Å². The summed E-state index contributed by atoms with van der Waals surface area (Å²) in [4.78, 5) is 17.8. The number of carbonyl (C=O) groups excluding carboxylic acids is 1.